The van der Waals surface area contributed by atoms with E-state index in [0.29, 0.717) is 0 Å². The minimum Gasteiger partial charge on any atom is -0.498 e. The third-order valence-electron chi connectivity index (χ3n) is 3.49. The van der Waals surface area contributed by atoms with Gasteiger partial charge in [-0.25, -0.2) is 4.79 Å². The Balaban J connectivity index is 3.09. The maximum Gasteiger partial charge on any atom is 0.333 e. The van der Waals surface area contributed by atoms with Gasteiger partial charge >= 0.3 is 23.9 Å². The molecule has 0 aromatic heterocycles. The van der Waals surface area contributed by atoms with Gasteiger partial charge in [0.25, 0.3) is 0 Å². The summed E-state index contributed by atoms with van der Waals surface area (Å²) in [5.74, 6) is -2.69. The maximum atomic E-state index is 11.6. The van der Waals surface area contributed by atoms with Crippen molar-refractivity contribution in [2.75, 3.05) is 20.8 Å². The standard InChI is InChI=1S/C17H24O11/c1-9(18)25-14-12(8-24-7-6-13(21)22-4)28-17(23-5)16(27-11(3)20)15(14)26-10(2)19/h6-7,12,14-17H,8H2,1-5H3/b7-6-/t12-,14-,15+,16-,17+/m1/s1. The molecule has 11 nitrogen and oxygen atoms in total. The number of rotatable bonds is 8. The second-order valence-corrected chi connectivity index (χ2v) is 5.66. The van der Waals surface area contributed by atoms with E-state index in [1.54, 1.807) is 0 Å². The van der Waals surface area contributed by atoms with Crippen LogP contribution in [0.3, 0.4) is 0 Å². The van der Waals surface area contributed by atoms with E-state index in [1.165, 1.54) is 14.2 Å². The lowest BCUT2D eigenvalue weighted by Crippen LogP contribution is -2.62. The highest BCUT2D eigenvalue weighted by Gasteiger charge is 2.52. The Morgan fingerprint density at radius 1 is 0.857 bits per heavy atom. The molecule has 1 rings (SSSR count). The molecule has 0 saturated carbocycles. The van der Waals surface area contributed by atoms with Crippen LogP contribution in [0.1, 0.15) is 20.8 Å². The van der Waals surface area contributed by atoms with Crippen LogP contribution < -0.4 is 0 Å². The first kappa shape index (κ1) is 23.4. The summed E-state index contributed by atoms with van der Waals surface area (Å²) < 4.78 is 36.1. The van der Waals surface area contributed by atoms with Crippen LogP contribution in [0, 0.1) is 0 Å². The van der Waals surface area contributed by atoms with E-state index in [0.717, 1.165) is 33.1 Å². The van der Waals surface area contributed by atoms with E-state index in [-0.39, 0.29) is 6.61 Å². The van der Waals surface area contributed by atoms with Gasteiger partial charge in [0.2, 0.25) is 0 Å². The summed E-state index contributed by atoms with van der Waals surface area (Å²) in [7, 11) is 2.50. The molecule has 0 N–H and O–H groups in total. The third-order valence-corrected chi connectivity index (χ3v) is 3.49. The molecule has 0 aromatic rings. The topological polar surface area (TPSA) is 133 Å². The van der Waals surface area contributed by atoms with Crippen molar-refractivity contribution in [3.63, 3.8) is 0 Å². The molecule has 1 aliphatic rings. The SMILES string of the molecule is COC(=O)/C=C\OC[C@H]1O[C@H](OC)[C@H](OC(C)=O)[C@@H](OC(C)=O)[C@@H]1OC(C)=O. The van der Waals surface area contributed by atoms with Gasteiger partial charge in [0.15, 0.2) is 24.6 Å². The van der Waals surface area contributed by atoms with Crippen LogP contribution in [0.15, 0.2) is 12.3 Å². The van der Waals surface area contributed by atoms with E-state index in [2.05, 4.69) is 4.74 Å². The lowest BCUT2D eigenvalue weighted by molar-refractivity contribution is -0.302. The van der Waals surface area contributed by atoms with Crippen LogP contribution in [-0.2, 0) is 52.3 Å². The van der Waals surface area contributed by atoms with Crippen molar-refractivity contribution in [2.45, 2.75) is 51.5 Å². The van der Waals surface area contributed by atoms with Crippen molar-refractivity contribution in [3.05, 3.63) is 12.3 Å². The molecule has 5 atom stereocenters. The van der Waals surface area contributed by atoms with E-state index in [9.17, 15) is 19.2 Å². The third kappa shape index (κ3) is 7.16. The zero-order valence-electron chi connectivity index (χ0n) is 16.2. The Morgan fingerprint density at radius 2 is 1.39 bits per heavy atom. The molecule has 0 spiro atoms. The lowest BCUT2D eigenvalue weighted by Gasteiger charge is -2.43. The average Bonchev–Trinajstić information content (AvgIpc) is 2.61. The lowest BCUT2D eigenvalue weighted by atomic mass is 9.98. The highest BCUT2D eigenvalue weighted by molar-refractivity contribution is 5.81. The molecular formula is C17H24O11. The minimum absolute atomic E-state index is 0.199. The van der Waals surface area contributed by atoms with Crippen molar-refractivity contribution in [1.29, 1.82) is 0 Å². The van der Waals surface area contributed by atoms with Gasteiger partial charge in [0.05, 0.1) is 19.4 Å². The van der Waals surface area contributed by atoms with Crippen molar-refractivity contribution >= 4 is 23.9 Å². The van der Waals surface area contributed by atoms with E-state index in [1.807, 2.05) is 0 Å². The zero-order chi connectivity index (χ0) is 21.3. The number of methoxy groups -OCH3 is 2. The largest absolute Gasteiger partial charge is 0.498 e. The van der Waals surface area contributed by atoms with Crippen LogP contribution in [-0.4, -0.2) is 75.4 Å². The Kier molecular flexibility index (Phi) is 9.39. The van der Waals surface area contributed by atoms with Gasteiger partial charge in [0, 0.05) is 27.9 Å². The number of hydrogen-bond donors (Lipinski definition) is 0. The molecule has 0 aromatic carbocycles. The summed E-state index contributed by atoms with van der Waals surface area (Å²) in [6.45, 7) is 3.27. The molecule has 28 heavy (non-hydrogen) atoms. The Hall–Kier alpha value is -2.66. The van der Waals surface area contributed by atoms with Crippen LogP contribution in [0.4, 0.5) is 0 Å². The molecule has 0 amide bonds. The van der Waals surface area contributed by atoms with Gasteiger partial charge in [0.1, 0.15) is 12.7 Å². The zero-order valence-corrected chi connectivity index (χ0v) is 16.2. The number of carbonyl (C=O) groups excluding carboxylic acids is 4. The van der Waals surface area contributed by atoms with Gasteiger partial charge in [-0.2, -0.15) is 0 Å². The first-order valence-corrected chi connectivity index (χ1v) is 8.25. The summed E-state index contributed by atoms with van der Waals surface area (Å²) in [5.41, 5.74) is 0. The van der Waals surface area contributed by atoms with Crippen molar-refractivity contribution in [1.82, 2.24) is 0 Å². The van der Waals surface area contributed by atoms with E-state index >= 15 is 0 Å². The first-order valence-electron chi connectivity index (χ1n) is 8.25. The number of hydrogen-bond acceptors (Lipinski definition) is 11. The maximum absolute atomic E-state index is 11.6. The molecule has 0 unspecified atom stereocenters. The van der Waals surface area contributed by atoms with Crippen molar-refractivity contribution in [3.8, 4) is 0 Å². The summed E-state index contributed by atoms with van der Waals surface area (Å²) in [4.78, 5) is 45.7. The van der Waals surface area contributed by atoms with Gasteiger partial charge < -0.3 is 33.2 Å². The average molecular weight is 404 g/mol. The molecule has 11 heteroatoms. The van der Waals surface area contributed by atoms with Crippen LogP contribution in [0.25, 0.3) is 0 Å². The van der Waals surface area contributed by atoms with Gasteiger partial charge in [-0.3, -0.25) is 14.4 Å². The van der Waals surface area contributed by atoms with Crippen LogP contribution in [0.2, 0.25) is 0 Å². The fourth-order valence-corrected chi connectivity index (χ4v) is 2.50. The summed E-state index contributed by atoms with van der Waals surface area (Å²) in [6.07, 6.45) is -3.54. The van der Waals surface area contributed by atoms with Crippen molar-refractivity contribution < 1.29 is 52.3 Å². The smallest absolute Gasteiger partial charge is 0.333 e. The number of carbonyl (C=O) groups is 4. The monoisotopic (exact) mass is 404 g/mol. The molecule has 1 heterocycles. The van der Waals surface area contributed by atoms with Crippen LogP contribution in [0.5, 0.6) is 0 Å². The van der Waals surface area contributed by atoms with Gasteiger partial charge in [-0.05, 0) is 0 Å². The Morgan fingerprint density at radius 3 is 1.89 bits per heavy atom. The number of ether oxygens (including phenoxy) is 7. The number of esters is 4. The molecule has 0 bridgehead atoms. The second kappa shape index (κ2) is 11.2. The fraction of sp³-hybridized carbons (Fsp3) is 0.647. The van der Waals surface area contributed by atoms with Gasteiger partial charge in [-0.15, -0.1) is 0 Å². The summed E-state index contributed by atoms with van der Waals surface area (Å²) >= 11 is 0. The predicted molar refractivity (Wildman–Crippen MR) is 89.4 cm³/mol. The first-order chi connectivity index (χ1) is 13.2. The van der Waals surface area contributed by atoms with E-state index in [4.69, 9.17) is 28.4 Å². The van der Waals surface area contributed by atoms with E-state index < -0.39 is 54.6 Å². The van der Waals surface area contributed by atoms with Crippen LogP contribution >= 0.6 is 0 Å². The quantitative estimate of drug-likeness (QED) is 0.231. The fourth-order valence-electron chi connectivity index (χ4n) is 2.50. The molecule has 0 radical (unpaired) electrons. The van der Waals surface area contributed by atoms with Crippen molar-refractivity contribution in [2.24, 2.45) is 0 Å². The second-order valence-electron chi connectivity index (χ2n) is 5.66. The molecule has 1 saturated heterocycles. The molecular weight excluding hydrogens is 380 g/mol. The Labute approximate surface area is 161 Å². The highest BCUT2D eigenvalue weighted by atomic mass is 16.7. The van der Waals surface area contributed by atoms with Gasteiger partial charge in [-0.1, -0.05) is 0 Å². The highest BCUT2D eigenvalue weighted by Crippen LogP contribution is 2.29. The normalized spacial score (nSPS) is 27.0. The summed E-state index contributed by atoms with van der Waals surface area (Å²) in [5, 5.41) is 0. The molecule has 158 valence electrons. The Bertz CT molecular complexity index is 600. The predicted octanol–water partition coefficient (Wildman–Crippen LogP) is -0.144. The molecule has 0 aliphatic carbocycles. The molecule has 1 fully saturated rings. The molecule has 1 aliphatic heterocycles. The summed E-state index contributed by atoms with van der Waals surface area (Å²) in [6, 6.07) is 0. The minimum atomic E-state index is -1.21.